The summed E-state index contributed by atoms with van der Waals surface area (Å²) in [6.07, 6.45) is 1.24. The molecule has 0 aliphatic carbocycles. The molecule has 0 bridgehead atoms. The highest BCUT2D eigenvalue weighted by Gasteiger charge is 2.29. The van der Waals surface area contributed by atoms with E-state index in [9.17, 15) is 19.5 Å². The number of anilines is 1. The minimum Gasteiger partial charge on any atom is -0.494 e. The number of carbonyl (C=O) groups excluding carboxylic acids is 1. The molecule has 0 unspecified atom stereocenters. The molecule has 0 fully saturated rings. The Balaban J connectivity index is 1.81. The largest absolute Gasteiger partial charge is 0.494 e. The van der Waals surface area contributed by atoms with Gasteiger partial charge in [-0.2, -0.15) is 10.1 Å². The molecule has 2 N–H and O–H groups in total. The second-order valence-corrected chi connectivity index (χ2v) is 7.42. The number of halogens is 1. The predicted molar refractivity (Wildman–Crippen MR) is 117 cm³/mol. The molecule has 9 heteroatoms. The summed E-state index contributed by atoms with van der Waals surface area (Å²) in [4.78, 5) is 39.8. The lowest BCUT2D eigenvalue weighted by molar-refractivity contribution is -0.114. The minimum atomic E-state index is -0.806. The number of amides is 1. The van der Waals surface area contributed by atoms with Crippen molar-refractivity contribution in [3.8, 4) is 11.6 Å². The maximum Gasteiger partial charge on any atom is 0.335 e. The lowest BCUT2D eigenvalue weighted by Gasteiger charge is -2.12. The van der Waals surface area contributed by atoms with Crippen molar-refractivity contribution < 1.29 is 9.90 Å². The standard InChI is InChI=1S/C21H15BrN4O4/c1-12-16(20(29)26(24-12)15-9-7-13(22)8-10-15)11-17-18(27)23-21(30)25(19(17)28)14-5-3-2-4-6-14/h2-11,28H,1H3,(H,23,27,30). The third-order valence-electron chi connectivity index (χ3n) is 4.56. The number of aromatic nitrogens is 2. The maximum absolute atomic E-state index is 12.9. The number of aromatic hydroxyl groups is 1. The molecule has 1 aliphatic rings. The van der Waals surface area contributed by atoms with Gasteiger partial charge in [0.15, 0.2) is 0 Å². The van der Waals surface area contributed by atoms with Gasteiger partial charge in [0.2, 0.25) is 5.88 Å². The van der Waals surface area contributed by atoms with Gasteiger partial charge in [-0.3, -0.25) is 14.6 Å². The van der Waals surface area contributed by atoms with Gasteiger partial charge in [-0.25, -0.2) is 9.36 Å². The van der Waals surface area contributed by atoms with Gasteiger partial charge < -0.3 is 5.11 Å². The van der Waals surface area contributed by atoms with Gasteiger partial charge in [0.05, 0.1) is 22.7 Å². The van der Waals surface area contributed by atoms with Crippen LogP contribution in [0.4, 0.5) is 5.69 Å². The Morgan fingerprint density at radius 2 is 1.67 bits per heavy atom. The number of benzene rings is 2. The molecular formula is C21H15BrN4O4. The van der Waals surface area contributed by atoms with E-state index in [1.165, 1.54) is 11.1 Å². The van der Waals surface area contributed by atoms with Crippen molar-refractivity contribution >= 4 is 39.3 Å². The molecule has 0 saturated carbocycles. The number of rotatable bonds is 3. The zero-order valence-corrected chi connectivity index (χ0v) is 17.3. The third kappa shape index (κ3) is 3.39. The summed E-state index contributed by atoms with van der Waals surface area (Å²) in [7, 11) is 0. The fraction of sp³-hybridized carbons (Fsp3) is 0.0476. The molecule has 0 atom stereocenters. The molecule has 2 aromatic carbocycles. The van der Waals surface area contributed by atoms with E-state index in [1.54, 1.807) is 61.5 Å². The first-order chi connectivity index (χ1) is 14.4. The Bertz CT molecular complexity index is 1320. The van der Waals surface area contributed by atoms with Crippen molar-refractivity contribution in [3.63, 3.8) is 0 Å². The van der Waals surface area contributed by atoms with Gasteiger partial charge in [-0.1, -0.05) is 34.1 Å². The normalized spacial score (nSPS) is 15.0. The summed E-state index contributed by atoms with van der Waals surface area (Å²) < 4.78 is 1.82. The summed E-state index contributed by atoms with van der Waals surface area (Å²) in [6, 6.07) is 15.4. The van der Waals surface area contributed by atoms with Crippen LogP contribution < -0.4 is 16.3 Å². The van der Waals surface area contributed by atoms with Crippen molar-refractivity contribution in [1.82, 2.24) is 9.55 Å². The number of para-hydroxylation sites is 1. The molecule has 2 heterocycles. The Hall–Kier alpha value is -3.72. The fourth-order valence-corrected chi connectivity index (χ4v) is 3.34. The monoisotopic (exact) mass is 466 g/mol. The Kier molecular flexibility index (Phi) is 4.96. The second-order valence-electron chi connectivity index (χ2n) is 6.50. The topological polar surface area (TPSA) is 108 Å². The number of hydrazone groups is 1. The van der Waals surface area contributed by atoms with Crippen molar-refractivity contribution in [2.45, 2.75) is 6.92 Å². The first kappa shape index (κ1) is 19.6. The lowest BCUT2D eigenvalue weighted by Crippen LogP contribution is -2.30. The number of hydrogen-bond donors (Lipinski definition) is 2. The number of H-pyrrole nitrogens is 1. The van der Waals surface area contributed by atoms with E-state index < -0.39 is 23.0 Å². The predicted octanol–water partition coefficient (Wildman–Crippen LogP) is 2.80. The molecule has 8 nitrogen and oxygen atoms in total. The Morgan fingerprint density at radius 3 is 2.33 bits per heavy atom. The van der Waals surface area contributed by atoms with Crippen LogP contribution in [0.3, 0.4) is 0 Å². The zero-order valence-electron chi connectivity index (χ0n) is 15.7. The first-order valence-corrected chi connectivity index (χ1v) is 9.67. The zero-order chi connectivity index (χ0) is 21.4. The van der Waals surface area contributed by atoms with Crippen LogP contribution in [0.15, 0.2) is 79.3 Å². The summed E-state index contributed by atoms with van der Waals surface area (Å²) in [5, 5.41) is 16.2. The van der Waals surface area contributed by atoms with E-state index in [1.807, 2.05) is 0 Å². The van der Waals surface area contributed by atoms with E-state index in [2.05, 4.69) is 26.0 Å². The lowest BCUT2D eigenvalue weighted by atomic mass is 10.1. The van der Waals surface area contributed by atoms with Crippen LogP contribution in [0.5, 0.6) is 5.88 Å². The Labute approximate surface area is 178 Å². The highest BCUT2D eigenvalue weighted by molar-refractivity contribution is 9.10. The van der Waals surface area contributed by atoms with Crippen molar-refractivity contribution in [3.05, 3.63) is 91.0 Å². The maximum atomic E-state index is 12.9. The second kappa shape index (κ2) is 7.60. The minimum absolute atomic E-state index is 0.136. The van der Waals surface area contributed by atoms with Crippen LogP contribution in [-0.4, -0.2) is 26.3 Å². The van der Waals surface area contributed by atoms with E-state index in [-0.39, 0.29) is 11.1 Å². The summed E-state index contributed by atoms with van der Waals surface area (Å²) in [6.45, 7) is 1.63. The SMILES string of the molecule is CC1=NN(c2ccc(Br)cc2)C(=O)C1=Cc1c(O)n(-c2ccccc2)c(=O)[nH]c1=O. The molecule has 1 aromatic heterocycles. The van der Waals surface area contributed by atoms with Crippen molar-refractivity contribution in [2.75, 3.05) is 5.01 Å². The summed E-state index contributed by atoms with van der Waals surface area (Å²) in [5.74, 6) is -1.02. The van der Waals surface area contributed by atoms with Gasteiger partial charge in [0.25, 0.3) is 11.5 Å². The quantitative estimate of drug-likeness (QED) is 0.578. The van der Waals surface area contributed by atoms with E-state index in [0.717, 1.165) is 9.04 Å². The van der Waals surface area contributed by atoms with Crippen LogP contribution in [0.2, 0.25) is 0 Å². The fourth-order valence-electron chi connectivity index (χ4n) is 3.07. The number of aromatic amines is 1. The van der Waals surface area contributed by atoms with Gasteiger partial charge >= 0.3 is 5.69 Å². The molecule has 0 radical (unpaired) electrons. The molecule has 1 aliphatic heterocycles. The summed E-state index contributed by atoms with van der Waals surface area (Å²) in [5.41, 5.74) is -0.371. The molecule has 1 amide bonds. The van der Waals surface area contributed by atoms with Gasteiger partial charge in [0, 0.05) is 4.47 Å². The van der Waals surface area contributed by atoms with E-state index in [4.69, 9.17) is 0 Å². The molecule has 150 valence electrons. The first-order valence-electron chi connectivity index (χ1n) is 8.88. The van der Waals surface area contributed by atoms with Crippen LogP contribution in [0, 0.1) is 0 Å². The van der Waals surface area contributed by atoms with E-state index >= 15 is 0 Å². The van der Waals surface area contributed by atoms with Crippen LogP contribution in [0.1, 0.15) is 12.5 Å². The third-order valence-corrected chi connectivity index (χ3v) is 5.09. The van der Waals surface area contributed by atoms with Gasteiger partial charge in [0.1, 0.15) is 5.56 Å². The number of hydrogen-bond acceptors (Lipinski definition) is 5. The molecular weight excluding hydrogens is 452 g/mol. The summed E-state index contributed by atoms with van der Waals surface area (Å²) >= 11 is 3.34. The molecule has 0 spiro atoms. The molecule has 4 rings (SSSR count). The van der Waals surface area contributed by atoms with Crippen LogP contribution in [0.25, 0.3) is 11.8 Å². The van der Waals surface area contributed by atoms with Crippen LogP contribution in [-0.2, 0) is 4.79 Å². The number of nitrogens with one attached hydrogen (secondary N) is 1. The number of nitrogens with zero attached hydrogens (tertiary/aromatic N) is 3. The molecule has 3 aromatic rings. The van der Waals surface area contributed by atoms with Crippen molar-refractivity contribution in [1.29, 1.82) is 0 Å². The molecule has 30 heavy (non-hydrogen) atoms. The van der Waals surface area contributed by atoms with Gasteiger partial charge in [-0.05, 0) is 49.4 Å². The smallest absolute Gasteiger partial charge is 0.335 e. The number of carbonyl (C=O) groups is 1. The van der Waals surface area contributed by atoms with Crippen LogP contribution >= 0.6 is 15.9 Å². The van der Waals surface area contributed by atoms with Crippen molar-refractivity contribution in [2.24, 2.45) is 5.10 Å². The highest BCUT2D eigenvalue weighted by Crippen LogP contribution is 2.27. The average molecular weight is 467 g/mol. The molecule has 0 saturated heterocycles. The van der Waals surface area contributed by atoms with E-state index in [0.29, 0.717) is 17.1 Å². The Morgan fingerprint density at radius 1 is 1.00 bits per heavy atom. The van der Waals surface area contributed by atoms with Gasteiger partial charge in [-0.15, -0.1) is 0 Å². The average Bonchev–Trinajstić information content (AvgIpc) is 3.00. The highest BCUT2D eigenvalue weighted by atomic mass is 79.9.